The van der Waals surface area contributed by atoms with Crippen LogP contribution in [0.4, 0.5) is 0 Å². The van der Waals surface area contributed by atoms with Crippen LogP contribution >= 0.6 is 18.6 Å². The van der Waals surface area contributed by atoms with Crippen LogP contribution in [0.2, 0.25) is 0 Å². The summed E-state index contributed by atoms with van der Waals surface area (Å²) in [6.45, 7) is 0.771. The fourth-order valence-electron chi connectivity index (χ4n) is 0.347. The van der Waals surface area contributed by atoms with Crippen LogP contribution in [0, 0.1) is 0 Å². The molecule has 10 heavy (non-hydrogen) atoms. The van der Waals surface area contributed by atoms with Gasteiger partial charge in [-0.15, -0.1) is 0 Å². The molecule has 0 aromatic carbocycles. The normalized spacial score (nSPS) is 13.4. The van der Waals surface area contributed by atoms with E-state index in [1.165, 1.54) is 0 Å². The smallest absolute Gasteiger partial charge is 0.278 e. The fourth-order valence-corrected chi connectivity index (χ4v) is 0.823. The van der Waals surface area contributed by atoms with Crippen LogP contribution in [-0.2, 0) is 13.8 Å². The zero-order chi connectivity index (χ0) is 7.82. The molecule has 0 rings (SSSR count). The Balaban J connectivity index is 2.84. The van der Waals surface area contributed by atoms with E-state index in [1.807, 2.05) is 0 Å². The lowest BCUT2D eigenvalue weighted by atomic mass is 10.7. The van der Waals surface area contributed by atoms with Gasteiger partial charge < -0.3 is 14.4 Å². The number of hydrogen-bond donors (Lipinski definition) is 1. The fraction of sp³-hybridized carbons (Fsp3) is 1.00. The van der Waals surface area contributed by atoms with E-state index >= 15 is 0 Å². The Morgan fingerprint density at radius 2 is 2.10 bits per heavy atom. The van der Waals surface area contributed by atoms with Gasteiger partial charge in [0, 0.05) is 0 Å². The van der Waals surface area contributed by atoms with Crippen LogP contribution in [0.3, 0.4) is 0 Å². The van der Waals surface area contributed by atoms with Crippen LogP contribution in [0.25, 0.3) is 0 Å². The molecule has 0 spiro atoms. The van der Waals surface area contributed by atoms with E-state index < -0.39 is 7.38 Å². The maximum atomic E-state index is 10.1. The quantitative estimate of drug-likeness (QED) is 0.491. The van der Waals surface area contributed by atoms with Crippen molar-refractivity contribution in [3.8, 4) is 0 Å². The predicted molar refractivity (Wildman–Crippen MR) is 38.7 cm³/mol. The van der Waals surface area contributed by atoms with Gasteiger partial charge in [0.1, 0.15) is 0 Å². The molecule has 0 aromatic heterocycles. The van der Waals surface area contributed by atoms with Crippen molar-refractivity contribution < 1.29 is 18.9 Å². The van der Waals surface area contributed by atoms with E-state index in [0.717, 1.165) is 0 Å². The van der Waals surface area contributed by atoms with E-state index in [-0.39, 0.29) is 19.8 Å². The third kappa shape index (κ3) is 8.40. The summed E-state index contributed by atoms with van der Waals surface area (Å²) >= 11 is 5.01. The molecule has 0 aliphatic rings. The molecular formula is C4H10ClO4P. The number of ether oxygens (including phenoxy) is 1. The zero-order valence-corrected chi connectivity index (χ0v) is 7.13. The van der Waals surface area contributed by atoms with E-state index in [4.69, 9.17) is 21.1 Å². The van der Waals surface area contributed by atoms with E-state index in [1.54, 1.807) is 0 Å². The SMILES string of the molecule is O=[PH](Cl)OCCOCCO. The average molecular weight is 189 g/mol. The summed E-state index contributed by atoms with van der Waals surface area (Å²) in [7, 11) is -2.34. The van der Waals surface area contributed by atoms with Gasteiger partial charge in [-0.05, 0) is 11.2 Å². The Hall–Kier alpha value is 0.400. The first-order valence-corrected chi connectivity index (χ1v) is 5.11. The molecule has 1 N–H and O–H groups in total. The highest BCUT2D eigenvalue weighted by Crippen LogP contribution is 2.26. The molecule has 0 aromatic rings. The predicted octanol–water partition coefficient (Wildman–Crippen LogP) is 0.640. The number of halogens is 1. The molecule has 1 atom stereocenters. The molecule has 0 heterocycles. The summed E-state index contributed by atoms with van der Waals surface area (Å²) in [5.74, 6) is 0. The van der Waals surface area contributed by atoms with Crippen LogP contribution in [0.15, 0.2) is 0 Å². The van der Waals surface area contributed by atoms with Gasteiger partial charge in [-0.2, -0.15) is 0 Å². The minimum atomic E-state index is -2.34. The van der Waals surface area contributed by atoms with Gasteiger partial charge in [-0.25, -0.2) is 0 Å². The van der Waals surface area contributed by atoms with E-state index in [2.05, 4.69) is 4.52 Å². The van der Waals surface area contributed by atoms with Crippen molar-refractivity contribution in [2.75, 3.05) is 26.4 Å². The molecule has 4 nitrogen and oxygen atoms in total. The van der Waals surface area contributed by atoms with Gasteiger partial charge in [0.25, 0.3) is 7.38 Å². The number of aliphatic hydroxyl groups excluding tert-OH is 1. The van der Waals surface area contributed by atoms with Gasteiger partial charge in [0.2, 0.25) is 0 Å². The Bertz CT molecular complexity index is 99.3. The summed E-state index contributed by atoms with van der Waals surface area (Å²) in [4.78, 5) is 0. The molecule has 0 saturated carbocycles. The zero-order valence-electron chi connectivity index (χ0n) is 5.38. The van der Waals surface area contributed by atoms with Crippen molar-refractivity contribution in [2.24, 2.45) is 0 Å². The van der Waals surface area contributed by atoms with Gasteiger partial charge >= 0.3 is 0 Å². The van der Waals surface area contributed by atoms with Crippen molar-refractivity contribution in [2.45, 2.75) is 0 Å². The highest BCUT2D eigenvalue weighted by atomic mass is 35.7. The summed E-state index contributed by atoms with van der Waals surface area (Å²) in [6.07, 6.45) is 0. The van der Waals surface area contributed by atoms with Crippen molar-refractivity contribution in [3.63, 3.8) is 0 Å². The molecule has 0 aliphatic heterocycles. The Kier molecular flexibility index (Phi) is 7.81. The second kappa shape index (κ2) is 7.51. The molecule has 6 heteroatoms. The van der Waals surface area contributed by atoms with Crippen LogP contribution in [0.1, 0.15) is 0 Å². The molecule has 0 radical (unpaired) electrons. The van der Waals surface area contributed by atoms with Gasteiger partial charge in [-0.3, -0.25) is 4.57 Å². The van der Waals surface area contributed by atoms with Crippen molar-refractivity contribution >= 4 is 18.6 Å². The second-order valence-corrected chi connectivity index (χ2v) is 3.11. The molecule has 62 valence electrons. The lowest BCUT2D eigenvalue weighted by Crippen LogP contribution is -2.04. The Morgan fingerprint density at radius 3 is 2.60 bits per heavy atom. The number of aliphatic hydroxyl groups is 1. The third-order valence-corrected chi connectivity index (χ3v) is 1.44. The van der Waals surface area contributed by atoms with Gasteiger partial charge in [0.15, 0.2) is 0 Å². The number of rotatable bonds is 6. The van der Waals surface area contributed by atoms with Gasteiger partial charge in [-0.1, -0.05) is 0 Å². The molecule has 0 bridgehead atoms. The van der Waals surface area contributed by atoms with Crippen molar-refractivity contribution in [1.82, 2.24) is 0 Å². The molecule has 0 amide bonds. The van der Waals surface area contributed by atoms with E-state index in [9.17, 15) is 4.57 Å². The first kappa shape index (κ1) is 10.4. The molecule has 0 saturated heterocycles. The second-order valence-electron chi connectivity index (χ2n) is 1.42. The lowest BCUT2D eigenvalue weighted by Gasteiger charge is -1.99. The van der Waals surface area contributed by atoms with Crippen molar-refractivity contribution in [1.29, 1.82) is 0 Å². The monoisotopic (exact) mass is 188 g/mol. The summed E-state index contributed by atoms with van der Waals surface area (Å²) < 4.78 is 19.4. The standard InChI is InChI=1S/C4H10ClO4P/c5-10(7)9-4-3-8-2-1-6/h6,10H,1-4H2. The lowest BCUT2D eigenvalue weighted by molar-refractivity contribution is 0.0729. The molecular weight excluding hydrogens is 178 g/mol. The average Bonchev–Trinajstić information content (AvgIpc) is 1.87. The molecule has 0 aliphatic carbocycles. The summed E-state index contributed by atoms with van der Waals surface area (Å²) in [5.41, 5.74) is 0. The Morgan fingerprint density at radius 1 is 1.40 bits per heavy atom. The third-order valence-electron chi connectivity index (χ3n) is 0.679. The minimum absolute atomic E-state index is 0.0178. The number of hydrogen-bond acceptors (Lipinski definition) is 4. The molecule has 1 unspecified atom stereocenters. The topological polar surface area (TPSA) is 55.8 Å². The first-order chi connectivity index (χ1) is 4.77. The first-order valence-electron chi connectivity index (χ1n) is 2.78. The highest BCUT2D eigenvalue weighted by molar-refractivity contribution is 7.69. The van der Waals surface area contributed by atoms with Crippen LogP contribution in [-0.4, -0.2) is 31.5 Å². The summed E-state index contributed by atoms with van der Waals surface area (Å²) in [5, 5.41) is 8.23. The highest BCUT2D eigenvalue weighted by Gasteiger charge is 1.91. The van der Waals surface area contributed by atoms with Gasteiger partial charge in [0.05, 0.1) is 26.4 Å². The van der Waals surface area contributed by atoms with E-state index in [0.29, 0.717) is 6.61 Å². The van der Waals surface area contributed by atoms with Crippen molar-refractivity contribution in [3.05, 3.63) is 0 Å². The summed E-state index contributed by atoms with van der Waals surface area (Å²) in [6, 6.07) is 0. The minimum Gasteiger partial charge on any atom is -0.394 e. The Labute approximate surface area is 64.7 Å². The van der Waals surface area contributed by atoms with Crippen LogP contribution in [0.5, 0.6) is 0 Å². The largest absolute Gasteiger partial charge is 0.394 e. The maximum absolute atomic E-state index is 10.1. The molecule has 0 fully saturated rings. The maximum Gasteiger partial charge on any atom is 0.278 e. The van der Waals surface area contributed by atoms with Crippen LogP contribution < -0.4 is 0 Å².